The third-order valence-corrected chi connectivity index (χ3v) is 4.87. The Kier molecular flexibility index (Phi) is 5.51. The van der Waals surface area contributed by atoms with Crippen LogP contribution in [0, 0.1) is 11.8 Å². The van der Waals surface area contributed by atoms with Gasteiger partial charge in [-0.05, 0) is 24.0 Å². The zero-order valence-corrected chi connectivity index (χ0v) is 14.1. The van der Waals surface area contributed by atoms with E-state index in [4.69, 9.17) is 4.74 Å². The molecule has 1 aromatic rings. The van der Waals surface area contributed by atoms with Crippen LogP contribution in [0.2, 0.25) is 0 Å². The van der Waals surface area contributed by atoms with Crippen molar-refractivity contribution < 1.29 is 4.74 Å². The Morgan fingerprint density at radius 2 is 2.10 bits per heavy atom. The van der Waals surface area contributed by atoms with E-state index in [2.05, 4.69) is 56.1 Å². The van der Waals surface area contributed by atoms with Gasteiger partial charge in [0.2, 0.25) is 0 Å². The number of rotatable bonds is 5. The lowest BCUT2D eigenvalue weighted by molar-refractivity contribution is 0.281. The molecule has 0 radical (unpaired) electrons. The molecule has 2 rings (SSSR count). The molecule has 0 bridgehead atoms. The summed E-state index contributed by atoms with van der Waals surface area (Å²) in [4.78, 5) is 2.57. The second-order valence-electron chi connectivity index (χ2n) is 6.57. The van der Waals surface area contributed by atoms with E-state index in [0.29, 0.717) is 23.9 Å². The first kappa shape index (κ1) is 16.2. The van der Waals surface area contributed by atoms with Crippen LogP contribution in [0.3, 0.4) is 0 Å². The lowest BCUT2D eigenvalue weighted by Gasteiger charge is -2.45. The second-order valence-corrected chi connectivity index (χ2v) is 6.57. The number of nitrogens with one attached hydrogen (secondary N) is 1. The molecule has 0 aromatic heterocycles. The van der Waals surface area contributed by atoms with Crippen molar-refractivity contribution in [3.05, 3.63) is 24.3 Å². The summed E-state index contributed by atoms with van der Waals surface area (Å²) < 4.78 is 5.39. The van der Waals surface area contributed by atoms with Gasteiger partial charge in [-0.15, -0.1) is 0 Å². The summed E-state index contributed by atoms with van der Waals surface area (Å²) in [6.07, 6.45) is 1.22. The molecule has 118 valence electrons. The number of piperazine rings is 1. The average molecular weight is 290 g/mol. The summed E-state index contributed by atoms with van der Waals surface area (Å²) in [6.45, 7) is 11.4. The fraction of sp³-hybridized carbons (Fsp3) is 0.667. The van der Waals surface area contributed by atoms with Crippen LogP contribution in [0.5, 0.6) is 5.75 Å². The molecule has 1 fully saturated rings. The first-order valence-corrected chi connectivity index (χ1v) is 8.20. The van der Waals surface area contributed by atoms with E-state index >= 15 is 0 Å². The van der Waals surface area contributed by atoms with Crippen molar-refractivity contribution in [2.24, 2.45) is 11.8 Å². The van der Waals surface area contributed by atoms with Gasteiger partial charge in [-0.3, -0.25) is 0 Å². The standard InChI is InChI=1S/C18H30N2O/c1-6-14(4)17-12-20(18(11-19-17)13(2)3)15-8-7-9-16(10-15)21-5/h7-10,13-14,17-19H,6,11-12H2,1-5H3. The van der Waals surface area contributed by atoms with Crippen LogP contribution in [0.25, 0.3) is 0 Å². The van der Waals surface area contributed by atoms with Crippen LogP contribution in [0.15, 0.2) is 24.3 Å². The highest BCUT2D eigenvalue weighted by molar-refractivity contribution is 5.52. The molecule has 1 N–H and O–H groups in total. The van der Waals surface area contributed by atoms with E-state index in [1.807, 2.05) is 6.07 Å². The second kappa shape index (κ2) is 7.17. The van der Waals surface area contributed by atoms with Gasteiger partial charge in [0.25, 0.3) is 0 Å². The summed E-state index contributed by atoms with van der Waals surface area (Å²) in [5, 5.41) is 3.76. The molecule has 0 saturated carbocycles. The number of nitrogens with zero attached hydrogens (tertiary/aromatic N) is 1. The van der Waals surface area contributed by atoms with E-state index < -0.39 is 0 Å². The minimum atomic E-state index is 0.539. The topological polar surface area (TPSA) is 24.5 Å². The molecule has 3 nitrogen and oxygen atoms in total. The van der Waals surface area contributed by atoms with E-state index in [1.54, 1.807) is 7.11 Å². The Balaban J connectivity index is 2.24. The lowest BCUT2D eigenvalue weighted by atomic mass is 9.91. The van der Waals surface area contributed by atoms with Crippen LogP contribution in [0.4, 0.5) is 5.69 Å². The van der Waals surface area contributed by atoms with Crippen LogP contribution in [-0.2, 0) is 0 Å². The molecule has 21 heavy (non-hydrogen) atoms. The van der Waals surface area contributed by atoms with Crippen LogP contribution >= 0.6 is 0 Å². The molecule has 3 unspecified atom stereocenters. The number of ether oxygens (including phenoxy) is 1. The monoisotopic (exact) mass is 290 g/mol. The SMILES string of the molecule is CCC(C)C1CN(c2cccc(OC)c2)C(C(C)C)CN1. The molecule has 0 aliphatic carbocycles. The molecule has 1 aromatic carbocycles. The molecule has 3 atom stereocenters. The van der Waals surface area contributed by atoms with Crippen molar-refractivity contribution in [2.75, 3.05) is 25.1 Å². The average Bonchev–Trinajstić information content (AvgIpc) is 2.53. The lowest BCUT2D eigenvalue weighted by Crippen LogP contribution is -2.60. The highest BCUT2D eigenvalue weighted by Gasteiger charge is 2.31. The number of methoxy groups -OCH3 is 1. The first-order chi connectivity index (χ1) is 10.1. The Hall–Kier alpha value is -1.22. The van der Waals surface area contributed by atoms with E-state index in [1.165, 1.54) is 12.1 Å². The van der Waals surface area contributed by atoms with E-state index in [0.717, 1.165) is 18.8 Å². The van der Waals surface area contributed by atoms with Gasteiger partial charge in [0.15, 0.2) is 0 Å². The van der Waals surface area contributed by atoms with Gasteiger partial charge in [0.1, 0.15) is 5.75 Å². The zero-order valence-electron chi connectivity index (χ0n) is 14.1. The summed E-state index contributed by atoms with van der Waals surface area (Å²) in [6, 6.07) is 9.58. The fourth-order valence-electron chi connectivity index (χ4n) is 3.14. The molecule has 1 heterocycles. The highest BCUT2D eigenvalue weighted by atomic mass is 16.5. The van der Waals surface area contributed by atoms with Crippen molar-refractivity contribution in [1.82, 2.24) is 5.32 Å². The quantitative estimate of drug-likeness (QED) is 0.897. The van der Waals surface area contributed by atoms with Crippen molar-refractivity contribution in [2.45, 2.75) is 46.2 Å². The van der Waals surface area contributed by atoms with Crippen LogP contribution in [0.1, 0.15) is 34.1 Å². The van der Waals surface area contributed by atoms with Gasteiger partial charge in [0, 0.05) is 36.9 Å². The fourth-order valence-corrected chi connectivity index (χ4v) is 3.14. The zero-order chi connectivity index (χ0) is 15.4. The molecule has 3 heteroatoms. The molecule has 1 aliphatic rings. The summed E-state index contributed by atoms with van der Waals surface area (Å²) in [5.74, 6) is 2.27. The van der Waals surface area contributed by atoms with Crippen molar-refractivity contribution in [3.8, 4) is 5.75 Å². The van der Waals surface area contributed by atoms with E-state index in [-0.39, 0.29) is 0 Å². The maximum atomic E-state index is 5.39. The molecule has 1 aliphatic heterocycles. The molecule has 1 saturated heterocycles. The predicted octanol–water partition coefficient (Wildman–Crippen LogP) is 3.54. The Labute approximate surface area is 129 Å². The molecule has 0 spiro atoms. The third-order valence-electron chi connectivity index (χ3n) is 4.87. The largest absolute Gasteiger partial charge is 0.497 e. The van der Waals surface area contributed by atoms with E-state index in [9.17, 15) is 0 Å². The number of benzene rings is 1. The van der Waals surface area contributed by atoms with Crippen LogP contribution < -0.4 is 15.0 Å². The smallest absolute Gasteiger partial charge is 0.120 e. The number of anilines is 1. The molecular formula is C18H30N2O. The maximum Gasteiger partial charge on any atom is 0.120 e. The first-order valence-electron chi connectivity index (χ1n) is 8.20. The van der Waals surface area contributed by atoms with Gasteiger partial charge in [-0.1, -0.05) is 40.2 Å². The Morgan fingerprint density at radius 3 is 2.71 bits per heavy atom. The van der Waals surface area contributed by atoms with Crippen LogP contribution in [-0.4, -0.2) is 32.3 Å². The molecular weight excluding hydrogens is 260 g/mol. The minimum absolute atomic E-state index is 0.539. The van der Waals surface area contributed by atoms with Gasteiger partial charge in [-0.25, -0.2) is 0 Å². The molecule has 0 amide bonds. The highest BCUT2D eigenvalue weighted by Crippen LogP contribution is 2.28. The summed E-state index contributed by atoms with van der Waals surface area (Å²) in [5.41, 5.74) is 1.28. The van der Waals surface area contributed by atoms with Crippen molar-refractivity contribution in [3.63, 3.8) is 0 Å². The maximum absolute atomic E-state index is 5.39. The van der Waals surface area contributed by atoms with Gasteiger partial charge in [-0.2, -0.15) is 0 Å². The van der Waals surface area contributed by atoms with Gasteiger partial charge < -0.3 is 15.0 Å². The number of hydrogen-bond donors (Lipinski definition) is 1. The van der Waals surface area contributed by atoms with Gasteiger partial charge >= 0.3 is 0 Å². The summed E-state index contributed by atoms with van der Waals surface area (Å²) >= 11 is 0. The Morgan fingerprint density at radius 1 is 1.33 bits per heavy atom. The van der Waals surface area contributed by atoms with Crippen molar-refractivity contribution in [1.29, 1.82) is 0 Å². The minimum Gasteiger partial charge on any atom is -0.497 e. The third kappa shape index (κ3) is 3.70. The summed E-state index contributed by atoms with van der Waals surface area (Å²) in [7, 11) is 1.73. The normalized spacial score (nSPS) is 24.2. The predicted molar refractivity (Wildman–Crippen MR) is 90.2 cm³/mol. The van der Waals surface area contributed by atoms with Gasteiger partial charge in [0.05, 0.1) is 7.11 Å². The van der Waals surface area contributed by atoms with Crippen molar-refractivity contribution >= 4 is 5.69 Å². The number of hydrogen-bond acceptors (Lipinski definition) is 3. The Bertz CT molecular complexity index is 447.